The van der Waals surface area contributed by atoms with Crippen molar-refractivity contribution in [3.63, 3.8) is 0 Å². The third kappa shape index (κ3) is 4.68. The molecule has 0 amide bonds. The molecule has 1 aromatic rings. The van der Waals surface area contributed by atoms with Gasteiger partial charge in [0.25, 0.3) is 0 Å². The van der Waals surface area contributed by atoms with E-state index in [2.05, 4.69) is 10.0 Å². The zero-order valence-electron chi connectivity index (χ0n) is 12.4. The molecule has 0 bridgehead atoms. The van der Waals surface area contributed by atoms with Gasteiger partial charge in [-0.2, -0.15) is 0 Å². The second-order valence-corrected chi connectivity index (χ2v) is 7.69. The number of nitrogens with one attached hydrogen (secondary N) is 2. The molecule has 0 atom stereocenters. The first kappa shape index (κ1) is 16.7. The first-order chi connectivity index (χ1) is 10.0. The topological polar surface area (TPSA) is 58.2 Å². The van der Waals surface area contributed by atoms with Gasteiger partial charge in [0.1, 0.15) is 4.90 Å². The van der Waals surface area contributed by atoms with Crippen molar-refractivity contribution in [2.75, 3.05) is 7.05 Å². The standard InChI is InChI=1S/C15H23ClN2O2S/c1-17-11-12-8-9-14(16)15(10-12)21(19,20)18-13-6-4-2-3-5-7-13/h8-10,13,17-18H,2-7,11H2,1H3. The minimum atomic E-state index is -3.56. The van der Waals surface area contributed by atoms with Gasteiger partial charge in [0.15, 0.2) is 0 Å². The van der Waals surface area contributed by atoms with E-state index >= 15 is 0 Å². The zero-order chi connectivity index (χ0) is 15.3. The van der Waals surface area contributed by atoms with Gasteiger partial charge in [-0.3, -0.25) is 0 Å². The van der Waals surface area contributed by atoms with Crippen LogP contribution in [0.25, 0.3) is 0 Å². The Morgan fingerprint density at radius 1 is 1.19 bits per heavy atom. The fourth-order valence-corrected chi connectivity index (χ4v) is 4.60. The molecule has 6 heteroatoms. The molecule has 1 aliphatic rings. The van der Waals surface area contributed by atoms with E-state index in [0.717, 1.165) is 31.2 Å². The summed E-state index contributed by atoms with van der Waals surface area (Å²) in [4.78, 5) is 0.182. The normalized spacial score (nSPS) is 17.6. The molecule has 0 radical (unpaired) electrons. The number of rotatable bonds is 5. The van der Waals surface area contributed by atoms with Gasteiger partial charge < -0.3 is 5.32 Å². The number of sulfonamides is 1. The van der Waals surface area contributed by atoms with E-state index in [4.69, 9.17) is 11.6 Å². The van der Waals surface area contributed by atoms with Crippen molar-refractivity contribution >= 4 is 21.6 Å². The summed E-state index contributed by atoms with van der Waals surface area (Å²) in [5.41, 5.74) is 0.906. The maximum absolute atomic E-state index is 12.6. The molecular formula is C15H23ClN2O2S. The predicted octanol–water partition coefficient (Wildman–Crippen LogP) is 3.06. The summed E-state index contributed by atoms with van der Waals surface area (Å²) in [6, 6.07) is 5.17. The molecule has 0 unspecified atom stereocenters. The highest BCUT2D eigenvalue weighted by Crippen LogP contribution is 2.25. The van der Waals surface area contributed by atoms with Crippen LogP contribution in [0.3, 0.4) is 0 Å². The molecule has 0 spiro atoms. The Hall–Kier alpha value is -0.620. The van der Waals surface area contributed by atoms with Crippen LogP contribution < -0.4 is 10.0 Å². The molecule has 118 valence electrons. The van der Waals surface area contributed by atoms with Crippen molar-refractivity contribution in [3.05, 3.63) is 28.8 Å². The van der Waals surface area contributed by atoms with Gasteiger partial charge in [0, 0.05) is 12.6 Å². The van der Waals surface area contributed by atoms with Gasteiger partial charge >= 0.3 is 0 Å². The monoisotopic (exact) mass is 330 g/mol. The highest BCUT2D eigenvalue weighted by Gasteiger charge is 2.23. The zero-order valence-corrected chi connectivity index (χ0v) is 13.9. The van der Waals surface area contributed by atoms with Crippen LogP contribution in [-0.2, 0) is 16.6 Å². The molecule has 0 heterocycles. The summed E-state index contributed by atoms with van der Waals surface area (Å²) in [6.45, 7) is 0.614. The molecule has 0 saturated heterocycles. The van der Waals surface area contributed by atoms with Gasteiger partial charge in [-0.25, -0.2) is 13.1 Å². The van der Waals surface area contributed by atoms with Crippen molar-refractivity contribution in [3.8, 4) is 0 Å². The van der Waals surface area contributed by atoms with E-state index in [1.807, 2.05) is 13.1 Å². The summed E-state index contributed by atoms with van der Waals surface area (Å²) in [6.07, 6.45) is 6.37. The molecule has 1 aromatic carbocycles. The fraction of sp³-hybridized carbons (Fsp3) is 0.600. The first-order valence-electron chi connectivity index (χ1n) is 7.48. The maximum atomic E-state index is 12.6. The molecule has 21 heavy (non-hydrogen) atoms. The Bertz CT molecular complexity index is 567. The largest absolute Gasteiger partial charge is 0.316 e. The average Bonchev–Trinajstić information content (AvgIpc) is 2.69. The summed E-state index contributed by atoms with van der Waals surface area (Å²) in [5.74, 6) is 0. The molecule has 1 aliphatic carbocycles. The highest BCUT2D eigenvalue weighted by molar-refractivity contribution is 7.89. The fourth-order valence-electron chi connectivity index (χ4n) is 2.75. The smallest absolute Gasteiger partial charge is 0.242 e. The molecule has 4 nitrogen and oxygen atoms in total. The van der Waals surface area contributed by atoms with Crippen LogP contribution in [0.15, 0.2) is 23.1 Å². The molecular weight excluding hydrogens is 308 g/mol. The lowest BCUT2D eigenvalue weighted by atomic mass is 10.1. The second-order valence-electron chi connectivity index (χ2n) is 5.60. The Kier molecular flexibility index (Phi) is 6.05. The molecule has 0 aromatic heterocycles. The summed E-state index contributed by atoms with van der Waals surface area (Å²) in [5, 5.41) is 3.29. The van der Waals surface area contributed by atoms with Crippen molar-refractivity contribution in [2.24, 2.45) is 0 Å². The van der Waals surface area contributed by atoms with Crippen LogP contribution in [-0.4, -0.2) is 21.5 Å². The quantitative estimate of drug-likeness (QED) is 0.816. The predicted molar refractivity (Wildman–Crippen MR) is 86.0 cm³/mol. The second kappa shape index (κ2) is 7.58. The minimum absolute atomic E-state index is 0.0292. The SMILES string of the molecule is CNCc1ccc(Cl)c(S(=O)(=O)NC2CCCCCC2)c1. The van der Waals surface area contributed by atoms with Crippen molar-refractivity contribution < 1.29 is 8.42 Å². The van der Waals surface area contributed by atoms with Gasteiger partial charge in [-0.1, -0.05) is 43.4 Å². The molecule has 1 fully saturated rings. The van der Waals surface area contributed by atoms with E-state index in [9.17, 15) is 8.42 Å². The lowest BCUT2D eigenvalue weighted by Gasteiger charge is -2.17. The van der Waals surface area contributed by atoms with E-state index in [0.29, 0.717) is 6.54 Å². The Morgan fingerprint density at radius 3 is 2.48 bits per heavy atom. The van der Waals surface area contributed by atoms with Crippen molar-refractivity contribution in [2.45, 2.75) is 56.0 Å². The third-order valence-corrected chi connectivity index (χ3v) is 5.85. The van der Waals surface area contributed by atoms with E-state index in [1.165, 1.54) is 12.8 Å². The van der Waals surface area contributed by atoms with Crippen LogP contribution in [0.2, 0.25) is 5.02 Å². The molecule has 2 N–H and O–H groups in total. The van der Waals surface area contributed by atoms with Gasteiger partial charge in [0.2, 0.25) is 10.0 Å². The molecule has 1 saturated carbocycles. The lowest BCUT2D eigenvalue weighted by molar-refractivity contribution is 0.510. The van der Waals surface area contributed by atoms with E-state index in [1.54, 1.807) is 12.1 Å². The molecule has 0 aliphatic heterocycles. The summed E-state index contributed by atoms with van der Waals surface area (Å²) < 4.78 is 28.0. The number of benzene rings is 1. The summed E-state index contributed by atoms with van der Waals surface area (Å²) in [7, 11) is -1.73. The van der Waals surface area contributed by atoms with Gasteiger partial charge in [0.05, 0.1) is 5.02 Å². The van der Waals surface area contributed by atoms with Crippen molar-refractivity contribution in [1.29, 1.82) is 0 Å². The Labute approximate surface area is 132 Å². The third-order valence-electron chi connectivity index (χ3n) is 3.84. The number of hydrogen-bond donors (Lipinski definition) is 2. The van der Waals surface area contributed by atoms with Gasteiger partial charge in [-0.15, -0.1) is 0 Å². The highest BCUT2D eigenvalue weighted by atomic mass is 35.5. The van der Waals surface area contributed by atoms with Crippen LogP contribution in [0, 0.1) is 0 Å². The minimum Gasteiger partial charge on any atom is -0.316 e. The van der Waals surface area contributed by atoms with E-state index < -0.39 is 10.0 Å². The van der Waals surface area contributed by atoms with Crippen LogP contribution in [0.1, 0.15) is 44.1 Å². The summed E-state index contributed by atoms with van der Waals surface area (Å²) >= 11 is 6.09. The molecule has 2 rings (SSSR count). The Balaban J connectivity index is 2.19. The maximum Gasteiger partial charge on any atom is 0.242 e. The van der Waals surface area contributed by atoms with Gasteiger partial charge in [-0.05, 0) is 37.6 Å². The van der Waals surface area contributed by atoms with Crippen molar-refractivity contribution in [1.82, 2.24) is 10.0 Å². The van der Waals surface area contributed by atoms with Crippen LogP contribution in [0.5, 0.6) is 0 Å². The number of halogens is 1. The Morgan fingerprint density at radius 2 is 1.86 bits per heavy atom. The van der Waals surface area contributed by atoms with Crippen LogP contribution >= 0.6 is 11.6 Å². The lowest BCUT2D eigenvalue weighted by Crippen LogP contribution is -2.34. The van der Waals surface area contributed by atoms with E-state index in [-0.39, 0.29) is 16.0 Å². The number of hydrogen-bond acceptors (Lipinski definition) is 3. The first-order valence-corrected chi connectivity index (χ1v) is 9.34. The average molecular weight is 331 g/mol. The van der Waals surface area contributed by atoms with Crippen LogP contribution in [0.4, 0.5) is 0 Å².